The number of nitrogens with zero attached hydrogens (tertiary/aromatic N) is 1. The minimum atomic E-state index is 0.164. The van der Waals surface area contributed by atoms with Gasteiger partial charge in [-0.1, -0.05) is 20.3 Å². The Labute approximate surface area is 105 Å². The van der Waals surface area contributed by atoms with Gasteiger partial charge in [-0.05, 0) is 43.4 Å². The molecule has 0 aromatic rings. The summed E-state index contributed by atoms with van der Waals surface area (Å²) in [7, 11) is 0. The Bertz CT molecular complexity index is 260. The first kappa shape index (κ1) is 12.7. The number of hydrogen-bond acceptors (Lipinski definition) is 1. The van der Waals surface area contributed by atoms with Crippen LogP contribution >= 0.6 is 0 Å². The van der Waals surface area contributed by atoms with Crippen LogP contribution in [0.1, 0.15) is 52.4 Å². The van der Waals surface area contributed by atoms with Gasteiger partial charge in [-0.3, -0.25) is 0 Å². The van der Waals surface area contributed by atoms with Crippen LogP contribution in [0, 0.1) is 11.3 Å². The molecule has 1 aliphatic heterocycles. The van der Waals surface area contributed by atoms with E-state index < -0.39 is 0 Å². The zero-order valence-electron chi connectivity index (χ0n) is 11.3. The van der Waals surface area contributed by atoms with Crippen molar-refractivity contribution in [3.05, 3.63) is 0 Å². The summed E-state index contributed by atoms with van der Waals surface area (Å²) < 4.78 is 0. The molecule has 0 spiro atoms. The molecular formula is C14H26N2O. The van der Waals surface area contributed by atoms with Crippen molar-refractivity contribution < 1.29 is 4.79 Å². The number of likely N-dealkylation sites (tertiary alicyclic amines) is 1. The molecule has 0 aromatic heterocycles. The average Bonchev–Trinajstić information content (AvgIpc) is 2.29. The summed E-state index contributed by atoms with van der Waals surface area (Å²) in [5.74, 6) is 0.785. The normalized spacial score (nSPS) is 24.2. The first-order valence-electron chi connectivity index (χ1n) is 7.18. The number of carbonyl (C=O) groups is 1. The van der Waals surface area contributed by atoms with Crippen molar-refractivity contribution >= 4 is 6.03 Å². The van der Waals surface area contributed by atoms with E-state index in [-0.39, 0.29) is 6.03 Å². The van der Waals surface area contributed by atoms with Gasteiger partial charge in [0.1, 0.15) is 0 Å². The van der Waals surface area contributed by atoms with Crippen LogP contribution < -0.4 is 5.32 Å². The maximum atomic E-state index is 12.0. The maximum Gasteiger partial charge on any atom is 0.317 e. The van der Waals surface area contributed by atoms with Gasteiger partial charge in [0, 0.05) is 19.6 Å². The van der Waals surface area contributed by atoms with Crippen molar-refractivity contribution in [1.82, 2.24) is 10.2 Å². The highest BCUT2D eigenvalue weighted by molar-refractivity contribution is 5.74. The molecule has 0 unspecified atom stereocenters. The van der Waals surface area contributed by atoms with Crippen LogP contribution in [-0.2, 0) is 0 Å². The van der Waals surface area contributed by atoms with Gasteiger partial charge in [0.05, 0.1) is 0 Å². The summed E-state index contributed by atoms with van der Waals surface area (Å²) in [4.78, 5) is 14.0. The summed E-state index contributed by atoms with van der Waals surface area (Å²) in [5.41, 5.74) is 0.429. The van der Waals surface area contributed by atoms with Gasteiger partial charge in [0.15, 0.2) is 0 Å². The quantitative estimate of drug-likeness (QED) is 0.805. The molecule has 17 heavy (non-hydrogen) atoms. The van der Waals surface area contributed by atoms with Crippen molar-refractivity contribution in [2.24, 2.45) is 11.3 Å². The summed E-state index contributed by atoms with van der Waals surface area (Å²) in [5, 5.41) is 3.15. The number of rotatable bonds is 3. The zero-order valence-corrected chi connectivity index (χ0v) is 11.3. The van der Waals surface area contributed by atoms with E-state index in [2.05, 4.69) is 19.2 Å². The molecule has 1 saturated heterocycles. The van der Waals surface area contributed by atoms with Gasteiger partial charge in [-0.15, -0.1) is 0 Å². The maximum absolute atomic E-state index is 12.0. The minimum absolute atomic E-state index is 0.164. The number of piperidine rings is 1. The summed E-state index contributed by atoms with van der Waals surface area (Å²) in [6.45, 7) is 7.27. The fourth-order valence-corrected chi connectivity index (χ4v) is 2.92. The third kappa shape index (κ3) is 2.93. The highest BCUT2D eigenvalue weighted by Gasteiger charge is 2.35. The molecular weight excluding hydrogens is 212 g/mol. The van der Waals surface area contributed by atoms with Crippen LogP contribution in [0.2, 0.25) is 0 Å². The van der Waals surface area contributed by atoms with Gasteiger partial charge in [0.25, 0.3) is 0 Å². The number of amides is 2. The highest BCUT2D eigenvalue weighted by Crippen LogP contribution is 2.43. The van der Waals surface area contributed by atoms with Gasteiger partial charge in [-0.2, -0.15) is 0 Å². The Hall–Kier alpha value is -0.730. The van der Waals surface area contributed by atoms with Gasteiger partial charge in [-0.25, -0.2) is 4.79 Å². The second-order valence-corrected chi connectivity index (χ2v) is 6.04. The Morgan fingerprint density at radius 1 is 1.35 bits per heavy atom. The third-order valence-corrected chi connectivity index (χ3v) is 4.85. The van der Waals surface area contributed by atoms with Crippen molar-refractivity contribution in [1.29, 1.82) is 0 Å². The van der Waals surface area contributed by atoms with E-state index in [9.17, 15) is 4.79 Å². The van der Waals surface area contributed by atoms with Crippen LogP contribution in [0.3, 0.4) is 0 Å². The molecule has 0 aromatic carbocycles. The van der Waals surface area contributed by atoms with E-state index in [1.54, 1.807) is 0 Å². The van der Waals surface area contributed by atoms with Crippen molar-refractivity contribution in [3.63, 3.8) is 0 Å². The topological polar surface area (TPSA) is 32.3 Å². The molecule has 0 atom stereocenters. The first-order chi connectivity index (χ1) is 8.15. The van der Waals surface area contributed by atoms with Crippen LogP contribution in [0.4, 0.5) is 4.79 Å². The average molecular weight is 238 g/mol. The van der Waals surface area contributed by atoms with Crippen molar-refractivity contribution in [3.8, 4) is 0 Å². The smallest absolute Gasteiger partial charge is 0.317 e. The molecule has 98 valence electrons. The molecule has 0 bridgehead atoms. The first-order valence-corrected chi connectivity index (χ1v) is 7.18. The summed E-state index contributed by atoms with van der Waals surface area (Å²) in [6, 6.07) is 0.164. The van der Waals surface area contributed by atoms with Crippen LogP contribution in [0.25, 0.3) is 0 Å². The molecule has 1 heterocycles. The predicted molar refractivity (Wildman–Crippen MR) is 69.9 cm³/mol. The van der Waals surface area contributed by atoms with Crippen LogP contribution in [-0.4, -0.2) is 30.6 Å². The van der Waals surface area contributed by atoms with Crippen molar-refractivity contribution in [2.45, 2.75) is 52.4 Å². The highest BCUT2D eigenvalue weighted by atomic mass is 16.2. The lowest BCUT2D eigenvalue weighted by molar-refractivity contribution is 0.117. The van der Waals surface area contributed by atoms with E-state index in [4.69, 9.17) is 0 Å². The number of nitrogens with one attached hydrogen (secondary N) is 1. The monoisotopic (exact) mass is 238 g/mol. The number of hydrogen-bond donors (Lipinski definition) is 1. The Kier molecular flexibility index (Phi) is 3.95. The van der Waals surface area contributed by atoms with E-state index in [1.165, 1.54) is 25.7 Å². The zero-order chi connectivity index (χ0) is 12.3. The second-order valence-electron chi connectivity index (χ2n) is 6.04. The van der Waals surface area contributed by atoms with Crippen molar-refractivity contribution in [2.75, 3.05) is 19.6 Å². The van der Waals surface area contributed by atoms with Gasteiger partial charge in [0.2, 0.25) is 0 Å². The van der Waals surface area contributed by atoms with E-state index >= 15 is 0 Å². The Balaban J connectivity index is 1.73. The summed E-state index contributed by atoms with van der Waals surface area (Å²) in [6.07, 6.45) is 7.44. The fourth-order valence-electron chi connectivity index (χ4n) is 2.92. The predicted octanol–water partition coefficient (Wildman–Crippen LogP) is 3.01. The molecule has 1 aliphatic carbocycles. The molecule has 2 rings (SSSR count). The van der Waals surface area contributed by atoms with Gasteiger partial charge >= 0.3 is 6.03 Å². The second kappa shape index (κ2) is 5.28. The van der Waals surface area contributed by atoms with Crippen LogP contribution in [0.15, 0.2) is 0 Å². The summed E-state index contributed by atoms with van der Waals surface area (Å²) >= 11 is 0. The lowest BCUT2D eigenvalue weighted by Gasteiger charge is -2.42. The van der Waals surface area contributed by atoms with E-state index in [0.717, 1.165) is 38.4 Å². The van der Waals surface area contributed by atoms with E-state index in [1.807, 2.05) is 4.90 Å². The third-order valence-electron chi connectivity index (χ3n) is 4.85. The number of urea groups is 1. The molecule has 3 heteroatoms. The molecule has 2 amide bonds. The Morgan fingerprint density at radius 3 is 2.47 bits per heavy atom. The van der Waals surface area contributed by atoms with Crippen LogP contribution in [0.5, 0.6) is 0 Å². The standard InChI is InChI=1S/C14H26N2O/c1-3-14(7-4-8-14)11-15-13(17)16-9-5-12(2)6-10-16/h12H,3-11H2,1-2H3,(H,15,17). The molecule has 2 fully saturated rings. The minimum Gasteiger partial charge on any atom is -0.337 e. The molecule has 1 N–H and O–H groups in total. The molecule has 1 saturated carbocycles. The molecule has 0 radical (unpaired) electrons. The lowest BCUT2D eigenvalue weighted by Crippen LogP contribution is -2.48. The lowest BCUT2D eigenvalue weighted by atomic mass is 9.67. The number of carbonyl (C=O) groups excluding carboxylic acids is 1. The SMILES string of the molecule is CCC1(CNC(=O)N2CCC(C)CC2)CCC1. The molecule has 2 aliphatic rings. The van der Waals surface area contributed by atoms with Gasteiger partial charge < -0.3 is 10.2 Å². The Morgan fingerprint density at radius 2 is 2.00 bits per heavy atom. The fraction of sp³-hybridized carbons (Fsp3) is 0.929. The molecule has 3 nitrogen and oxygen atoms in total. The largest absolute Gasteiger partial charge is 0.337 e. The van der Waals surface area contributed by atoms with E-state index in [0.29, 0.717) is 5.41 Å².